The molecule has 0 aliphatic rings. The van der Waals surface area contributed by atoms with Crippen LogP contribution in [0.15, 0.2) is 12.2 Å². The van der Waals surface area contributed by atoms with E-state index >= 15 is 0 Å². The van der Waals surface area contributed by atoms with E-state index in [1.54, 1.807) is 0 Å². The average molecular weight is 219 g/mol. The predicted octanol–water partition coefficient (Wildman–Crippen LogP) is 2.17. The van der Waals surface area contributed by atoms with Crippen molar-refractivity contribution in [3.8, 4) is 0 Å². The molecule has 0 aliphatic heterocycles. The van der Waals surface area contributed by atoms with E-state index in [0.717, 1.165) is 5.57 Å². The summed E-state index contributed by atoms with van der Waals surface area (Å²) in [5.74, 6) is 0.355. The van der Waals surface area contributed by atoms with Gasteiger partial charge in [0.1, 0.15) is 0 Å². The maximum absolute atomic E-state index is 5.56. The number of nitrogens with zero attached hydrogens (tertiary/aromatic N) is 3. The smallest absolute Gasteiger partial charge is 0.228 e. The van der Waals surface area contributed by atoms with Gasteiger partial charge in [0.15, 0.2) is 0 Å². The van der Waals surface area contributed by atoms with E-state index in [4.69, 9.17) is 23.2 Å². The Kier molecular flexibility index (Phi) is 3.45. The van der Waals surface area contributed by atoms with Crippen molar-refractivity contribution in [2.24, 2.45) is 0 Å². The maximum atomic E-state index is 5.56. The highest BCUT2D eigenvalue weighted by atomic mass is 35.5. The minimum absolute atomic E-state index is 0.0733. The first kappa shape index (κ1) is 10.2. The molecule has 0 unspecified atom stereocenters. The fourth-order valence-electron chi connectivity index (χ4n) is 0.635. The van der Waals surface area contributed by atoms with Crippen molar-refractivity contribution in [3.05, 3.63) is 22.7 Å². The number of hydrogen-bond acceptors (Lipinski definition) is 4. The third kappa shape index (κ3) is 3.57. The zero-order valence-corrected chi connectivity index (χ0v) is 8.52. The minimum Gasteiger partial charge on any atom is -0.350 e. The van der Waals surface area contributed by atoms with Gasteiger partial charge < -0.3 is 5.32 Å². The molecule has 6 heteroatoms. The predicted molar refractivity (Wildman–Crippen MR) is 53.2 cm³/mol. The second-order valence-electron chi connectivity index (χ2n) is 2.51. The molecule has 0 atom stereocenters. The third-order valence-corrected chi connectivity index (χ3v) is 1.47. The fraction of sp³-hybridized carbons (Fsp3) is 0.286. The summed E-state index contributed by atoms with van der Waals surface area (Å²) in [5, 5.41) is 3.04. The van der Waals surface area contributed by atoms with Gasteiger partial charge in [-0.3, -0.25) is 0 Å². The molecule has 13 heavy (non-hydrogen) atoms. The van der Waals surface area contributed by atoms with E-state index in [0.29, 0.717) is 12.5 Å². The van der Waals surface area contributed by atoms with Crippen LogP contribution in [0.2, 0.25) is 10.6 Å². The summed E-state index contributed by atoms with van der Waals surface area (Å²) in [4.78, 5) is 11.2. The van der Waals surface area contributed by atoms with Gasteiger partial charge in [-0.15, -0.1) is 0 Å². The Morgan fingerprint density at radius 2 is 1.85 bits per heavy atom. The van der Waals surface area contributed by atoms with Gasteiger partial charge in [-0.25, -0.2) is 0 Å². The molecular formula is C7H8Cl2N4. The highest BCUT2D eigenvalue weighted by Crippen LogP contribution is 2.09. The monoisotopic (exact) mass is 218 g/mol. The Labute approximate surface area is 86.0 Å². The van der Waals surface area contributed by atoms with Crippen LogP contribution in [-0.4, -0.2) is 21.5 Å². The molecule has 0 radical (unpaired) electrons. The lowest BCUT2D eigenvalue weighted by molar-refractivity contribution is 1.02. The molecule has 70 valence electrons. The molecule has 0 aliphatic carbocycles. The normalized spacial score (nSPS) is 9.77. The van der Waals surface area contributed by atoms with Gasteiger partial charge in [0.05, 0.1) is 0 Å². The molecule has 1 aromatic heterocycles. The summed E-state index contributed by atoms with van der Waals surface area (Å²) in [7, 11) is 0. The van der Waals surface area contributed by atoms with Crippen molar-refractivity contribution in [1.29, 1.82) is 0 Å². The largest absolute Gasteiger partial charge is 0.350 e. The molecule has 1 N–H and O–H groups in total. The molecule has 1 aromatic rings. The van der Waals surface area contributed by atoms with Crippen LogP contribution in [0.1, 0.15) is 6.92 Å². The van der Waals surface area contributed by atoms with Crippen LogP contribution in [0.25, 0.3) is 0 Å². The van der Waals surface area contributed by atoms with E-state index in [2.05, 4.69) is 26.8 Å². The van der Waals surface area contributed by atoms with E-state index in [1.165, 1.54) is 0 Å². The topological polar surface area (TPSA) is 50.7 Å². The average Bonchev–Trinajstić information content (AvgIpc) is 1.99. The first-order valence-electron chi connectivity index (χ1n) is 3.53. The summed E-state index contributed by atoms with van der Waals surface area (Å²) in [6.45, 7) is 6.18. The number of halogens is 2. The first-order valence-corrected chi connectivity index (χ1v) is 4.29. The Morgan fingerprint density at radius 1 is 1.31 bits per heavy atom. The first-order chi connectivity index (χ1) is 6.08. The van der Waals surface area contributed by atoms with Gasteiger partial charge in [0.25, 0.3) is 0 Å². The molecule has 1 heterocycles. The van der Waals surface area contributed by atoms with Crippen molar-refractivity contribution in [2.45, 2.75) is 6.92 Å². The number of rotatable bonds is 3. The van der Waals surface area contributed by atoms with Gasteiger partial charge in [0, 0.05) is 6.54 Å². The maximum Gasteiger partial charge on any atom is 0.228 e. The summed E-state index contributed by atoms with van der Waals surface area (Å²) >= 11 is 11.1. The fourth-order valence-corrected chi connectivity index (χ4v) is 0.998. The number of aromatic nitrogens is 3. The summed E-state index contributed by atoms with van der Waals surface area (Å²) in [6, 6.07) is 0. The van der Waals surface area contributed by atoms with Crippen molar-refractivity contribution in [2.75, 3.05) is 11.9 Å². The molecule has 4 nitrogen and oxygen atoms in total. The van der Waals surface area contributed by atoms with E-state index in [-0.39, 0.29) is 10.6 Å². The lowest BCUT2D eigenvalue weighted by atomic mass is 10.3. The minimum atomic E-state index is 0.0733. The van der Waals surface area contributed by atoms with Gasteiger partial charge in [-0.2, -0.15) is 15.0 Å². The molecule has 0 spiro atoms. The summed E-state index contributed by atoms with van der Waals surface area (Å²) in [6.07, 6.45) is 0. The molecule has 0 bridgehead atoms. The van der Waals surface area contributed by atoms with Crippen LogP contribution >= 0.6 is 23.2 Å². The second-order valence-corrected chi connectivity index (χ2v) is 3.18. The van der Waals surface area contributed by atoms with Crippen LogP contribution < -0.4 is 5.32 Å². The van der Waals surface area contributed by atoms with E-state index in [9.17, 15) is 0 Å². The highest BCUT2D eigenvalue weighted by molar-refractivity contribution is 6.31. The summed E-state index contributed by atoms with van der Waals surface area (Å²) in [5.41, 5.74) is 0.965. The molecule has 0 saturated carbocycles. The Hall–Kier alpha value is -0.870. The van der Waals surface area contributed by atoms with E-state index < -0.39 is 0 Å². The highest BCUT2D eigenvalue weighted by Gasteiger charge is 2.01. The Bertz CT molecular complexity index is 306. The van der Waals surface area contributed by atoms with Gasteiger partial charge in [-0.1, -0.05) is 12.2 Å². The van der Waals surface area contributed by atoms with Crippen LogP contribution in [-0.2, 0) is 0 Å². The molecular weight excluding hydrogens is 211 g/mol. The van der Waals surface area contributed by atoms with Crippen LogP contribution in [0.5, 0.6) is 0 Å². The molecule has 0 amide bonds. The molecule has 1 rings (SSSR count). The van der Waals surface area contributed by atoms with Crippen molar-refractivity contribution < 1.29 is 0 Å². The SMILES string of the molecule is C=C(C)CNc1nc(Cl)nc(Cl)n1. The number of anilines is 1. The van der Waals surface area contributed by atoms with Crippen LogP contribution in [0.4, 0.5) is 5.95 Å². The van der Waals surface area contributed by atoms with Gasteiger partial charge in [0.2, 0.25) is 16.5 Å². The molecule has 0 saturated heterocycles. The van der Waals surface area contributed by atoms with Crippen LogP contribution in [0.3, 0.4) is 0 Å². The van der Waals surface area contributed by atoms with Crippen LogP contribution in [0, 0.1) is 0 Å². The van der Waals surface area contributed by atoms with Gasteiger partial charge >= 0.3 is 0 Å². The number of hydrogen-bond donors (Lipinski definition) is 1. The third-order valence-electron chi connectivity index (χ3n) is 1.13. The quantitative estimate of drug-likeness (QED) is 0.791. The zero-order chi connectivity index (χ0) is 9.84. The lowest BCUT2D eigenvalue weighted by Crippen LogP contribution is -2.06. The zero-order valence-electron chi connectivity index (χ0n) is 7.01. The van der Waals surface area contributed by atoms with Crippen molar-refractivity contribution >= 4 is 29.2 Å². The molecule has 0 fully saturated rings. The lowest BCUT2D eigenvalue weighted by Gasteiger charge is -2.03. The Morgan fingerprint density at radius 3 is 2.31 bits per heavy atom. The van der Waals surface area contributed by atoms with Gasteiger partial charge in [-0.05, 0) is 30.1 Å². The van der Waals surface area contributed by atoms with Crippen molar-refractivity contribution in [1.82, 2.24) is 15.0 Å². The van der Waals surface area contributed by atoms with Crippen molar-refractivity contribution in [3.63, 3.8) is 0 Å². The standard InChI is InChI=1S/C7H8Cl2N4/c1-4(2)3-10-7-12-5(8)11-6(9)13-7/h1,3H2,2H3,(H,10,11,12,13). The van der Waals surface area contributed by atoms with E-state index in [1.807, 2.05) is 6.92 Å². The number of nitrogens with one attached hydrogen (secondary N) is 1. The second kappa shape index (κ2) is 4.39. The summed E-state index contributed by atoms with van der Waals surface area (Å²) < 4.78 is 0. The molecule has 0 aromatic carbocycles. The Balaban J connectivity index is 2.71.